The summed E-state index contributed by atoms with van der Waals surface area (Å²) in [6.07, 6.45) is 1.42. The molecule has 2 aliphatic heterocycles. The summed E-state index contributed by atoms with van der Waals surface area (Å²) in [5.41, 5.74) is 0.890. The van der Waals surface area contributed by atoms with Gasteiger partial charge in [0.25, 0.3) is 0 Å². The number of hydrogen-bond acceptors (Lipinski definition) is 5. The van der Waals surface area contributed by atoms with Gasteiger partial charge in [0, 0.05) is 32.8 Å². The molecule has 1 aromatic rings. The second-order valence-electron chi connectivity index (χ2n) is 6.99. The van der Waals surface area contributed by atoms with Gasteiger partial charge in [0.05, 0.1) is 12.0 Å². The van der Waals surface area contributed by atoms with Gasteiger partial charge < -0.3 is 14.2 Å². The van der Waals surface area contributed by atoms with Gasteiger partial charge in [-0.15, -0.1) is 0 Å². The molecule has 0 radical (unpaired) electrons. The number of rotatable bonds is 5. The highest BCUT2D eigenvalue weighted by Gasteiger charge is 2.37. The molecule has 5 nitrogen and oxygen atoms in total. The van der Waals surface area contributed by atoms with E-state index in [2.05, 4.69) is 29.2 Å². The third-order valence-electron chi connectivity index (χ3n) is 4.96. The molecule has 3 rings (SSSR count). The van der Waals surface area contributed by atoms with Crippen LogP contribution in [0.25, 0.3) is 0 Å². The molecule has 0 amide bonds. The molecule has 24 heavy (non-hydrogen) atoms. The number of benzene rings is 1. The molecule has 0 unspecified atom stereocenters. The summed E-state index contributed by atoms with van der Waals surface area (Å²) in [6.45, 7) is 6.87. The van der Waals surface area contributed by atoms with Crippen molar-refractivity contribution in [3.8, 4) is 0 Å². The van der Waals surface area contributed by atoms with Crippen LogP contribution in [0.2, 0.25) is 0 Å². The third kappa shape index (κ3) is 4.56. The molecule has 1 aromatic carbocycles. The SMILES string of the molecule is CC1(C(=O)OC[C@@H]2CN(Cc3ccccc3)CCO2)CCOCC1. The average Bonchev–Trinajstić information content (AvgIpc) is 2.61. The molecule has 1 atom stereocenters. The van der Waals surface area contributed by atoms with Crippen molar-refractivity contribution >= 4 is 5.97 Å². The zero-order chi connectivity index (χ0) is 16.8. The summed E-state index contributed by atoms with van der Waals surface area (Å²) in [7, 11) is 0. The number of nitrogens with zero attached hydrogens (tertiary/aromatic N) is 1. The minimum Gasteiger partial charge on any atom is -0.462 e. The Balaban J connectivity index is 1.46. The van der Waals surface area contributed by atoms with E-state index in [0.29, 0.717) is 26.4 Å². The van der Waals surface area contributed by atoms with Crippen LogP contribution in [-0.2, 0) is 25.5 Å². The van der Waals surface area contributed by atoms with Gasteiger partial charge in [-0.1, -0.05) is 30.3 Å². The number of esters is 1. The molecule has 2 heterocycles. The predicted octanol–water partition coefficient (Wildman–Crippen LogP) is 2.25. The van der Waals surface area contributed by atoms with Gasteiger partial charge in [-0.25, -0.2) is 0 Å². The topological polar surface area (TPSA) is 48.0 Å². The van der Waals surface area contributed by atoms with Crippen molar-refractivity contribution in [2.45, 2.75) is 32.4 Å². The fraction of sp³-hybridized carbons (Fsp3) is 0.632. The molecule has 0 spiro atoms. The van der Waals surface area contributed by atoms with Gasteiger partial charge in [-0.2, -0.15) is 0 Å². The van der Waals surface area contributed by atoms with E-state index in [1.54, 1.807) is 0 Å². The normalized spacial score (nSPS) is 24.5. The lowest BCUT2D eigenvalue weighted by atomic mass is 9.82. The van der Waals surface area contributed by atoms with E-state index in [-0.39, 0.29) is 12.1 Å². The minimum atomic E-state index is -0.406. The maximum atomic E-state index is 12.4. The molecule has 0 saturated carbocycles. The van der Waals surface area contributed by atoms with Crippen molar-refractivity contribution in [1.82, 2.24) is 4.90 Å². The highest BCUT2D eigenvalue weighted by atomic mass is 16.6. The maximum Gasteiger partial charge on any atom is 0.312 e. The Morgan fingerprint density at radius 3 is 2.75 bits per heavy atom. The summed E-state index contributed by atoms with van der Waals surface area (Å²) >= 11 is 0. The lowest BCUT2D eigenvalue weighted by Gasteiger charge is -2.34. The number of carbonyl (C=O) groups is 1. The first-order chi connectivity index (χ1) is 11.7. The molecule has 2 fully saturated rings. The molecule has 5 heteroatoms. The van der Waals surface area contributed by atoms with Crippen LogP contribution in [-0.4, -0.2) is 56.5 Å². The summed E-state index contributed by atoms with van der Waals surface area (Å²) in [4.78, 5) is 14.7. The Hall–Kier alpha value is -1.43. The predicted molar refractivity (Wildman–Crippen MR) is 90.6 cm³/mol. The number of morpholine rings is 1. The quantitative estimate of drug-likeness (QED) is 0.774. The molecular formula is C19H27NO4. The lowest BCUT2D eigenvalue weighted by molar-refractivity contribution is -0.166. The molecule has 0 aromatic heterocycles. The summed E-state index contributed by atoms with van der Waals surface area (Å²) in [5, 5.41) is 0. The van der Waals surface area contributed by atoms with E-state index >= 15 is 0 Å². The van der Waals surface area contributed by atoms with E-state index in [9.17, 15) is 4.79 Å². The molecule has 2 saturated heterocycles. The van der Waals surface area contributed by atoms with Crippen LogP contribution in [0, 0.1) is 5.41 Å². The van der Waals surface area contributed by atoms with E-state index < -0.39 is 5.41 Å². The van der Waals surface area contributed by atoms with Crippen LogP contribution >= 0.6 is 0 Å². The summed E-state index contributed by atoms with van der Waals surface area (Å²) in [5.74, 6) is -0.116. The van der Waals surface area contributed by atoms with E-state index in [1.807, 2.05) is 13.0 Å². The average molecular weight is 333 g/mol. The van der Waals surface area contributed by atoms with Crippen LogP contribution in [0.15, 0.2) is 30.3 Å². The number of ether oxygens (including phenoxy) is 3. The fourth-order valence-corrected chi connectivity index (χ4v) is 3.24. The third-order valence-corrected chi connectivity index (χ3v) is 4.96. The standard InChI is InChI=1S/C19H27NO4/c1-19(7-10-22-11-8-19)18(21)24-15-17-14-20(9-12-23-17)13-16-5-3-2-4-6-16/h2-6,17H,7-15H2,1H3/t17-/m0/s1. The number of carbonyl (C=O) groups excluding carboxylic acids is 1. The van der Waals surface area contributed by atoms with Crippen molar-refractivity contribution in [3.63, 3.8) is 0 Å². The Morgan fingerprint density at radius 1 is 1.25 bits per heavy atom. The van der Waals surface area contributed by atoms with Crippen molar-refractivity contribution < 1.29 is 19.0 Å². The van der Waals surface area contributed by atoms with E-state index in [0.717, 1.165) is 32.5 Å². The molecule has 132 valence electrons. The zero-order valence-electron chi connectivity index (χ0n) is 14.4. The number of hydrogen-bond donors (Lipinski definition) is 0. The van der Waals surface area contributed by atoms with Crippen molar-refractivity contribution in [3.05, 3.63) is 35.9 Å². The first kappa shape index (κ1) is 17.4. The molecule has 2 aliphatic rings. The van der Waals surface area contributed by atoms with Crippen LogP contribution in [0.3, 0.4) is 0 Å². The molecule has 0 N–H and O–H groups in total. The van der Waals surface area contributed by atoms with Crippen molar-refractivity contribution in [1.29, 1.82) is 0 Å². The smallest absolute Gasteiger partial charge is 0.312 e. The van der Waals surface area contributed by atoms with Gasteiger partial charge >= 0.3 is 5.97 Å². The monoisotopic (exact) mass is 333 g/mol. The Labute approximate surface area is 143 Å². The van der Waals surface area contributed by atoms with Crippen LogP contribution in [0.5, 0.6) is 0 Å². The highest BCUT2D eigenvalue weighted by molar-refractivity contribution is 5.76. The molecule has 0 bridgehead atoms. The van der Waals surface area contributed by atoms with Crippen molar-refractivity contribution in [2.75, 3.05) is 39.5 Å². The lowest BCUT2D eigenvalue weighted by Crippen LogP contribution is -2.45. The van der Waals surface area contributed by atoms with Crippen LogP contribution < -0.4 is 0 Å². The van der Waals surface area contributed by atoms with Gasteiger partial charge in [-0.05, 0) is 25.3 Å². The van der Waals surface area contributed by atoms with Gasteiger partial charge in [0.2, 0.25) is 0 Å². The first-order valence-corrected chi connectivity index (χ1v) is 8.79. The maximum absolute atomic E-state index is 12.4. The largest absolute Gasteiger partial charge is 0.462 e. The summed E-state index contributed by atoms with van der Waals surface area (Å²) < 4.78 is 16.7. The second kappa shape index (κ2) is 8.10. The van der Waals surface area contributed by atoms with Crippen LogP contribution in [0.4, 0.5) is 0 Å². The minimum absolute atomic E-state index is 0.0464. The zero-order valence-corrected chi connectivity index (χ0v) is 14.4. The summed E-state index contributed by atoms with van der Waals surface area (Å²) in [6, 6.07) is 10.4. The van der Waals surface area contributed by atoms with Gasteiger partial charge in [0.1, 0.15) is 12.7 Å². The van der Waals surface area contributed by atoms with Gasteiger partial charge in [0.15, 0.2) is 0 Å². The highest BCUT2D eigenvalue weighted by Crippen LogP contribution is 2.31. The Bertz CT molecular complexity index is 527. The molecular weight excluding hydrogens is 306 g/mol. The first-order valence-electron chi connectivity index (χ1n) is 8.79. The van der Waals surface area contributed by atoms with E-state index in [4.69, 9.17) is 14.2 Å². The van der Waals surface area contributed by atoms with Crippen LogP contribution in [0.1, 0.15) is 25.3 Å². The van der Waals surface area contributed by atoms with Crippen molar-refractivity contribution in [2.24, 2.45) is 5.41 Å². The molecule has 0 aliphatic carbocycles. The second-order valence-corrected chi connectivity index (χ2v) is 6.99. The van der Waals surface area contributed by atoms with Gasteiger partial charge in [-0.3, -0.25) is 9.69 Å². The Morgan fingerprint density at radius 2 is 2.00 bits per heavy atom. The van der Waals surface area contributed by atoms with E-state index in [1.165, 1.54) is 5.56 Å². The Kier molecular flexibility index (Phi) is 5.87. The fourth-order valence-electron chi connectivity index (χ4n) is 3.24.